The average molecular weight is 425 g/mol. The van der Waals surface area contributed by atoms with Crippen molar-refractivity contribution in [2.75, 3.05) is 18.0 Å². The highest BCUT2D eigenvalue weighted by atomic mass is 16.6. The van der Waals surface area contributed by atoms with Gasteiger partial charge in [-0.2, -0.15) is 0 Å². The summed E-state index contributed by atoms with van der Waals surface area (Å²) in [6.07, 6.45) is 0. The van der Waals surface area contributed by atoms with Gasteiger partial charge in [0.15, 0.2) is 5.60 Å². The van der Waals surface area contributed by atoms with Gasteiger partial charge in [0.05, 0.1) is 5.56 Å². The van der Waals surface area contributed by atoms with Crippen molar-refractivity contribution >= 4 is 22.6 Å². The van der Waals surface area contributed by atoms with E-state index in [9.17, 15) is 4.79 Å². The van der Waals surface area contributed by atoms with Crippen molar-refractivity contribution in [1.82, 2.24) is 4.98 Å². The molecule has 0 radical (unpaired) electrons. The number of fused-ring (bicyclic) bond motifs is 2. The molecule has 1 N–H and O–H groups in total. The molecule has 1 unspecified atom stereocenters. The number of nitrogens with zero attached hydrogens (tertiary/aromatic N) is 1. The smallest absolute Gasteiger partial charge is 0.340 e. The molecule has 162 valence electrons. The standard InChI is InChI=1S/C28H28N2O2/c1-5-30(6-2)20-15-16-23(18(3)17-20)28(24-13-9-7-11-21(24)27(31)32-28)26-19(4)29-25-14-10-8-12-22(25)26/h7-17,29H,5-6H2,1-4H3. The molecular weight excluding hydrogens is 396 g/mol. The van der Waals surface area contributed by atoms with Crippen LogP contribution in [-0.2, 0) is 10.3 Å². The Hall–Kier alpha value is -3.53. The van der Waals surface area contributed by atoms with Gasteiger partial charge in [-0.05, 0) is 57.5 Å². The van der Waals surface area contributed by atoms with E-state index in [1.165, 1.54) is 5.69 Å². The third-order valence-electron chi connectivity index (χ3n) is 6.74. The summed E-state index contributed by atoms with van der Waals surface area (Å²) in [6.45, 7) is 10.4. The van der Waals surface area contributed by atoms with E-state index >= 15 is 0 Å². The van der Waals surface area contributed by atoms with Crippen LogP contribution in [0.25, 0.3) is 10.9 Å². The minimum absolute atomic E-state index is 0.280. The van der Waals surface area contributed by atoms with E-state index in [4.69, 9.17) is 4.74 Å². The van der Waals surface area contributed by atoms with Crippen LogP contribution < -0.4 is 4.90 Å². The number of H-pyrrole nitrogens is 1. The molecule has 0 amide bonds. The summed E-state index contributed by atoms with van der Waals surface area (Å²) in [7, 11) is 0. The maximum absolute atomic E-state index is 13.1. The van der Waals surface area contributed by atoms with Crippen molar-refractivity contribution in [1.29, 1.82) is 0 Å². The number of hydrogen-bond acceptors (Lipinski definition) is 3. The van der Waals surface area contributed by atoms with E-state index in [2.05, 4.69) is 67.9 Å². The number of cyclic esters (lactones) is 1. The number of esters is 1. The van der Waals surface area contributed by atoms with E-state index in [1.807, 2.05) is 36.4 Å². The van der Waals surface area contributed by atoms with Crippen LogP contribution in [0.1, 0.15) is 52.2 Å². The molecule has 0 fully saturated rings. The number of aryl methyl sites for hydroxylation is 2. The first-order valence-corrected chi connectivity index (χ1v) is 11.3. The molecule has 1 aliphatic rings. The molecule has 1 aromatic heterocycles. The average Bonchev–Trinajstić information content (AvgIpc) is 3.29. The van der Waals surface area contributed by atoms with Crippen LogP contribution in [-0.4, -0.2) is 24.0 Å². The largest absolute Gasteiger partial charge is 0.440 e. The second-order valence-corrected chi connectivity index (χ2v) is 8.46. The Balaban J connectivity index is 1.85. The first-order chi connectivity index (χ1) is 15.5. The molecular formula is C28H28N2O2. The Morgan fingerprint density at radius 1 is 0.906 bits per heavy atom. The number of hydrogen-bond donors (Lipinski definition) is 1. The zero-order valence-corrected chi connectivity index (χ0v) is 19.0. The van der Waals surface area contributed by atoms with E-state index < -0.39 is 5.60 Å². The normalized spacial score (nSPS) is 17.4. The number of benzene rings is 3. The summed E-state index contributed by atoms with van der Waals surface area (Å²) in [5, 5.41) is 1.07. The number of carbonyl (C=O) groups excluding carboxylic acids is 1. The van der Waals surface area contributed by atoms with Gasteiger partial charge in [-0.1, -0.05) is 42.5 Å². The lowest BCUT2D eigenvalue weighted by Crippen LogP contribution is -2.31. The monoisotopic (exact) mass is 424 g/mol. The highest BCUT2D eigenvalue weighted by Gasteiger charge is 2.51. The van der Waals surface area contributed by atoms with Gasteiger partial charge in [0.1, 0.15) is 0 Å². The molecule has 4 heteroatoms. The minimum atomic E-state index is -0.997. The van der Waals surface area contributed by atoms with E-state index in [0.717, 1.165) is 51.9 Å². The van der Waals surface area contributed by atoms with Crippen LogP contribution in [0.2, 0.25) is 0 Å². The van der Waals surface area contributed by atoms with Gasteiger partial charge in [0, 0.05) is 52.1 Å². The van der Waals surface area contributed by atoms with E-state index in [1.54, 1.807) is 0 Å². The van der Waals surface area contributed by atoms with Gasteiger partial charge in [0.2, 0.25) is 0 Å². The Morgan fingerprint density at radius 3 is 2.38 bits per heavy atom. The van der Waals surface area contributed by atoms with Gasteiger partial charge in [-0.3, -0.25) is 0 Å². The summed E-state index contributed by atoms with van der Waals surface area (Å²) in [5.41, 5.74) is 6.86. The second kappa shape index (κ2) is 7.56. The molecule has 0 bridgehead atoms. The number of aromatic nitrogens is 1. The van der Waals surface area contributed by atoms with Crippen LogP contribution in [0.15, 0.2) is 66.7 Å². The number of nitrogens with one attached hydrogen (secondary N) is 1. The highest BCUT2D eigenvalue weighted by Crippen LogP contribution is 2.51. The lowest BCUT2D eigenvalue weighted by Gasteiger charge is -2.33. The predicted molar refractivity (Wildman–Crippen MR) is 130 cm³/mol. The molecule has 1 atom stereocenters. The van der Waals surface area contributed by atoms with Crippen molar-refractivity contribution in [3.05, 3.63) is 100 Å². The zero-order valence-electron chi connectivity index (χ0n) is 19.0. The summed E-state index contributed by atoms with van der Waals surface area (Å²) < 4.78 is 6.40. The van der Waals surface area contributed by atoms with Crippen LogP contribution in [0.5, 0.6) is 0 Å². The lowest BCUT2D eigenvalue weighted by atomic mass is 9.77. The van der Waals surface area contributed by atoms with Gasteiger partial charge >= 0.3 is 5.97 Å². The molecule has 5 rings (SSSR count). The molecule has 0 aliphatic carbocycles. The van der Waals surface area contributed by atoms with E-state index in [0.29, 0.717) is 5.56 Å². The molecule has 4 aromatic rings. The van der Waals surface area contributed by atoms with Crippen molar-refractivity contribution < 1.29 is 9.53 Å². The molecule has 0 saturated heterocycles. The third kappa shape index (κ3) is 2.79. The number of carbonyl (C=O) groups is 1. The van der Waals surface area contributed by atoms with Crippen LogP contribution >= 0.6 is 0 Å². The Kier molecular flexibility index (Phi) is 4.81. The third-order valence-corrected chi connectivity index (χ3v) is 6.74. The van der Waals surface area contributed by atoms with Crippen molar-refractivity contribution in [3.8, 4) is 0 Å². The van der Waals surface area contributed by atoms with E-state index in [-0.39, 0.29) is 5.97 Å². The Bertz CT molecular complexity index is 1330. The van der Waals surface area contributed by atoms with Gasteiger partial charge in [-0.25, -0.2) is 4.79 Å². The van der Waals surface area contributed by atoms with Crippen LogP contribution in [0.4, 0.5) is 5.69 Å². The molecule has 0 spiro atoms. The number of anilines is 1. The minimum Gasteiger partial charge on any atom is -0.440 e. The highest BCUT2D eigenvalue weighted by molar-refractivity contribution is 5.98. The van der Waals surface area contributed by atoms with Crippen LogP contribution in [0.3, 0.4) is 0 Å². The fourth-order valence-corrected chi connectivity index (χ4v) is 5.30. The summed E-state index contributed by atoms with van der Waals surface area (Å²) in [4.78, 5) is 19.0. The molecule has 2 heterocycles. The number of rotatable bonds is 5. The summed E-state index contributed by atoms with van der Waals surface area (Å²) in [5.74, 6) is -0.280. The first-order valence-electron chi connectivity index (χ1n) is 11.3. The fourth-order valence-electron chi connectivity index (χ4n) is 5.30. The number of aromatic amines is 1. The zero-order chi connectivity index (χ0) is 22.5. The van der Waals surface area contributed by atoms with Crippen molar-refractivity contribution in [2.24, 2.45) is 0 Å². The van der Waals surface area contributed by atoms with Crippen LogP contribution in [0, 0.1) is 13.8 Å². The SMILES string of the molecule is CCN(CC)c1ccc(C2(c3c(C)[nH]c4ccccc34)OC(=O)c3ccccc32)c(C)c1. The topological polar surface area (TPSA) is 45.3 Å². The predicted octanol–water partition coefficient (Wildman–Crippen LogP) is 6.09. The molecule has 0 saturated carbocycles. The van der Waals surface area contributed by atoms with Gasteiger partial charge in [-0.15, -0.1) is 0 Å². The second-order valence-electron chi connectivity index (χ2n) is 8.46. The summed E-state index contributed by atoms with van der Waals surface area (Å²) >= 11 is 0. The first kappa shape index (κ1) is 20.4. The van der Waals surface area contributed by atoms with Gasteiger partial charge < -0.3 is 14.6 Å². The fraction of sp³-hybridized carbons (Fsp3) is 0.250. The Labute approximate surface area is 188 Å². The number of para-hydroxylation sites is 1. The van der Waals surface area contributed by atoms with Gasteiger partial charge in [0.25, 0.3) is 0 Å². The molecule has 1 aliphatic heterocycles. The maximum atomic E-state index is 13.1. The quantitative estimate of drug-likeness (QED) is 0.394. The number of ether oxygens (including phenoxy) is 1. The molecule has 3 aromatic carbocycles. The lowest BCUT2D eigenvalue weighted by molar-refractivity contribution is 0.0252. The summed E-state index contributed by atoms with van der Waals surface area (Å²) in [6, 6.07) is 22.5. The Morgan fingerprint density at radius 2 is 1.62 bits per heavy atom. The van der Waals surface area contributed by atoms with Crippen molar-refractivity contribution in [3.63, 3.8) is 0 Å². The molecule has 32 heavy (non-hydrogen) atoms. The maximum Gasteiger partial charge on any atom is 0.340 e. The van der Waals surface area contributed by atoms with Crippen molar-refractivity contribution in [2.45, 2.75) is 33.3 Å². The molecule has 4 nitrogen and oxygen atoms in total.